The number of amides is 1. The molecule has 0 radical (unpaired) electrons. The molecule has 3 aliphatic rings. The fraction of sp³-hybridized carbons (Fsp3) is 0.417. The summed E-state index contributed by atoms with van der Waals surface area (Å²) in [6.07, 6.45) is 3.32. The molecule has 0 spiro atoms. The summed E-state index contributed by atoms with van der Waals surface area (Å²) in [5.74, 6) is 6.84. The second-order valence-electron chi connectivity index (χ2n) is 8.44. The lowest BCUT2D eigenvalue weighted by molar-refractivity contribution is 0.169. The van der Waals surface area contributed by atoms with Gasteiger partial charge >= 0.3 is 11.8 Å². The number of hydrogen-bond acceptors (Lipinski definition) is 6. The molecular formula is C24H24N4O5. The van der Waals surface area contributed by atoms with Gasteiger partial charge in [-0.25, -0.2) is 14.6 Å². The maximum atomic E-state index is 12.9. The minimum atomic E-state index is -0.541. The van der Waals surface area contributed by atoms with Crippen LogP contribution in [0.25, 0.3) is 0 Å². The van der Waals surface area contributed by atoms with Crippen LogP contribution in [-0.2, 0) is 11.2 Å². The maximum absolute atomic E-state index is 12.9. The molecule has 33 heavy (non-hydrogen) atoms. The summed E-state index contributed by atoms with van der Waals surface area (Å²) in [7, 11) is 3.18. The number of carbonyl (C=O) groups is 1. The van der Waals surface area contributed by atoms with Crippen LogP contribution in [0.3, 0.4) is 0 Å². The molecule has 2 heterocycles. The maximum Gasteiger partial charge on any atom is 0.414 e. The first kappa shape index (κ1) is 21.1. The van der Waals surface area contributed by atoms with Crippen LogP contribution >= 0.6 is 0 Å². The van der Waals surface area contributed by atoms with E-state index in [9.17, 15) is 14.4 Å². The molecule has 1 aliphatic heterocycles. The number of aromatic nitrogens is 2. The molecule has 1 aromatic heterocycles. The molecule has 0 unspecified atom stereocenters. The van der Waals surface area contributed by atoms with Crippen molar-refractivity contribution in [1.82, 2.24) is 9.13 Å². The van der Waals surface area contributed by atoms with Gasteiger partial charge in [-0.15, -0.1) is 0 Å². The normalized spacial score (nSPS) is 16.4. The van der Waals surface area contributed by atoms with Gasteiger partial charge < -0.3 is 9.47 Å². The highest BCUT2D eigenvalue weighted by atomic mass is 16.6. The number of ether oxygens (including phenoxy) is 2. The zero-order chi connectivity index (χ0) is 23.1. The zero-order valence-corrected chi connectivity index (χ0v) is 18.5. The van der Waals surface area contributed by atoms with Gasteiger partial charge in [0.1, 0.15) is 11.6 Å². The third-order valence-electron chi connectivity index (χ3n) is 6.03. The number of nitrogens with zero attached hydrogens (tertiary/aromatic N) is 4. The number of hydrogen-bond donors (Lipinski definition) is 0. The molecular weight excluding hydrogens is 424 g/mol. The Morgan fingerprint density at radius 2 is 1.79 bits per heavy atom. The van der Waals surface area contributed by atoms with Crippen molar-refractivity contribution in [3.05, 3.63) is 50.7 Å². The first-order valence-electron chi connectivity index (χ1n) is 11.0. The topological polar surface area (TPSA) is 95.1 Å². The van der Waals surface area contributed by atoms with Gasteiger partial charge in [0, 0.05) is 31.2 Å². The van der Waals surface area contributed by atoms with E-state index in [0.29, 0.717) is 35.0 Å². The quantitative estimate of drug-likeness (QED) is 0.656. The number of carbonyl (C=O) groups excluding carboxylic acids is 1. The smallest absolute Gasteiger partial charge is 0.414 e. The van der Waals surface area contributed by atoms with Crippen LogP contribution in [0, 0.1) is 11.8 Å². The van der Waals surface area contributed by atoms with E-state index in [1.54, 1.807) is 43.0 Å². The summed E-state index contributed by atoms with van der Waals surface area (Å²) in [4.78, 5) is 44.0. The van der Waals surface area contributed by atoms with Gasteiger partial charge in [-0.3, -0.25) is 18.8 Å². The summed E-state index contributed by atoms with van der Waals surface area (Å²) < 4.78 is 13.4. The van der Waals surface area contributed by atoms with Gasteiger partial charge in [-0.05, 0) is 55.9 Å². The Labute approximate surface area is 190 Å². The molecule has 1 aromatic carbocycles. The number of anilines is 1. The largest absolute Gasteiger partial charge is 0.497 e. The summed E-state index contributed by atoms with van der Waals surface area (Å²) in [6, 6.07) is 7.15. The number of rotatable bonds is 5. The molecule has 170 valence electrons. The summed E-state index contributed by atoms with van der Waals surface area (Å²) >= 11 is 0. The molecule has 2 aromatic rings. The van der Waals surface area contributed by atoms with E-state index in [4.69, 9.17) is 9.47 Å². The molecule has 0 atom stereocenters. The Kier molecular flexibility index (Phi) is 5.29. The van der Waals surface area contributed by atoms with Gasteiger partial charge in [-0.2, -0.15) is 0 Å². The Hall–Kier alpha value is -3.80. The Morgan fingerprint density at radius 3 is 2.42 bits per heavy atom. The van der Waals surface area contributed by atoms with E-state index < -0.39 is 6.09 Å². The van der Waals surface area contributed by atoms with Crippen molar-refractivity contribution in [3.8, 4) is 17.6 Å². The van der Waals surface area contributed by atoms with Crippen LogP contribution < -0.4 is 20.9 Å². The lowest BCUT2D eigenvalue weighted by Crippen LogP contribution is -2.40. The minimum Gasteiger partial charge on any atom is -0.497 e. The van der Waals surface area contributed by atoms with Crippen LogP contribution in [0.4, 0.5) is 16.3 Å². The average Bonchev–Trinajstić information content (AvgIpc) is 3.75. The van der Waals surface area contributed by atoms with Gasteiger partial charge in [0.05, 0.1) is 18.4 Å². The van der Waals surface area contributed by atoms with Gasteiger partial charge in [0.2, 0.25) is 0 Å². The summed E-state index contributed by atoms with van der Waals surface area (Å²) in [5, 5.41) is 0. The van der Waals surface area contributed by atoms with E-state index in [-0.39, 0.29) is 29.9 Å². The van der Waals surface area contributed by atoms with Crippen molar-refractivity contribution in [2.24, 2.45) is 4.99 Å². The SMILES string of the molecule is COc1ccc(N(C)C(=O)OCC#CC2=Nc3c(c(=O)n(C4CC4)c(=O)n3C3CC3)C2)cc1. The van der Waals surface area contributed by atoms with Crippen molar-refractivity contribution < 1.29 is 14.3 Å². The number of fused-ring (bicyclic) bond motifs is 1. The Balaban J connectivity index is 1.27. The van der Waals surface area contributed by atoms with Crippen molar-refractivity contribution in [2.75, 3.05) is 25.7 Å². The van der Waals surface area contributed by atoms with E-state index in [0.717, 1.165) is 25.7 Å². The number of benzene rings is 1. The molecule has 9 nitrogen and oxygen atoms in total. The van der Waals surface area contributed by atoms with Gasteiger partial charge in [0.15, 0.2) is 6.61 Å². The van der Waals surface area contributed by atoms with Crippen LogP contribution in [0.15, 0.2) is 38.8 Å². The summed E-state index contributed by atoms with van der Waals surface area (Å²) in [6.45, 7) is -0.115. The first-order chi connectivity index (χ1) is 16.0. The third kappa shape index (κ3) is 4.04. The molecule has 5 rings (SSSR count). The first-order valence-corrected chi connectivity index (χ1v) is 11.0. The van der Waals surface area contributed by atoms with Crippen LogP contribution in [0.2, 0.25) is 0 Å². The highest BCUT2D eigenvalue weighted by molar-refractivity contribution is 6.06. The second-order valence-corrected chi connectivity index (χ2v) is 8.44. The second kappa shape index (κ2) is 8.28. The van der Waals surface area contributed by atoms with Crippen LogP contribution in [0.5, 0.6) is 5.75 Å². The van der Waals surface area contributed by atoms with Crippen molar-refractivity contribution in [3.63, 3.8) is 0 Å². The summed E-state index contributed by atoms with van der Waals surface area (Å²) in [5.41, 5.74) is 1.20. The zero-order valence-electron chi connectivity index (χ0n) is 18.5. The minimum absolute atomic E-state index is 0.0116. The lowest BCUT2D eigenvalue weighted by Gasteiger charge is -2.16. The van der Waals surface area contributed by atoms with Crippen LogP contribution in [-0.4, -0.2) is 41.7 Å². The monoisotopic (exact) mass is 448 g/mol. The molecule has 0 N–H and O–H groups in total. The molecule has 2 fully saturated rings. The lowest BCUT2D eigenvalue weighted by atomic mass is 10.2. The molecule has 9 heteroatoms. The third-order valence-corrected chi connectivity index (χ3v) is 6.03. The standard InChI is InChI=1S/C24H24N4O5/c1-26(16-9-11-19(32-2)12-10-16)24(31)33-13-3-4-15-14-20-21(25-15)27(17-5-6-17)23(30)28(22(20)29)18-7-8-18/h9-12,17-18H,5-8,13-14H2,1-2H3. The molecule has 0 bridgehead atoms. The van der Waals surface area contributed by atoms with Crippen molar-refractivity contribution in [2.45, 2.75) is 44.2 Å². The van der Waals surface area contributed by atoms with E-state index in [1.807, 2.05) is 0 Å². The van der Waals surface area contributed by atoms with E-state index >= 15 is 0 Å². The van der Waals surface area contributed by atoms with Crippen molar-refractivity contribution >= 4 is 23.3 Å². The molecule has 1 amide bonds. The molecule has 2 aliphatic carbocycles. The predicted octanol–water partition coefficient (Wildman–Crippen LogP) is 2.59. The van der Waals surface area contributed by atoms with Crippen molar-refractivity contribution in [1.29, 1.82) is 0 Å². The fourth-order valence-corrected chi connectivity index (χ4v) is 3.92. The highest BCUT2D eigenvalue weighted by Gasteiger charge is 2.36. The van der Waals surface area contributed by atoms with Gasteiger partial charge in [0.25, 0.3) is 5.56 Å². The van der Waals surface area contributed by atoms with E-state index in [2.05, 4.69) is 16.8 Å². The highest BCUT2D eigenvalue weighted by Crippen LogP contribution is 2.40. The molecule has 0 saturated heterocycles. The average molecular weight is 448 g/mol. The Bertz CT molecular complexity index is 1320. The molecule has 2 saturated carbocycles. The number of methoxy groups -OCH3 is 1. The predicted molar refractivity (Wildman–Crippen MR) is 123 cm³/mol. The number of aliphatic imine (C=N–C) groups is 1. The Morgan fingerprint density at radius 1 is 1.12 bits per heavy atom. The van der Waals surface area contributed by atoms with Gasteiger partial charge in [-0.1, -0.05) is 5.92 Å². The fourth-order valence-electron chi connectivity index (χ4n) is 3.92. The van der Waals surface area contributed by atoms with Crippen LogP contribution in [0.1, 0.15) is 43.3 Å². The van der Waals surface area contributed by atoms with E-state index in [1.165, 1.54) is 9.47 Å².